The van der Waals surface area contributed by atoms with Crippen molar-refractivity contribution >= 4 is 12.1 Å². The van der Waals surface area contributed by atoms with E-state index in [-0.39, 0.29) is 30.6 Å². The molecule has 7 heteroatoms. The quantitative estimate of drug-likeness (QED) is 0.374. The molecular weight excluding hydrogens is 306 g/mol. The minimum atomic E-state index is -0.259. The van der Waals surface area contributed by atoms with Gasteiger partial charge in [-0.15, -0.1) is 0 Å². The Balaban J connectivity index is 0.00000242. The Morgan fingerprint density at radius 3 is 2.73 bits per heavy atom. The fraction of sp³-hybridized carbons (Fsp3) is 0.133. The molecular formula is C15H16ClN3O3. The molecule has 1 aromatic carbocycles. The number of methoxy groups -OCH3 is 1. The third-order valence-electron chi connectivity index (χ3n) is 2.75. The van der Waals surface area contributed by atoms with Crippen molar-refractivity contribution in [3.05, 3.63) is 54.4 Å². The van der Waals surface area contributed by atoms with Crippen molar-refractivity contribution in [1.82, 2.24) is 5.43 Å². The van der Waals surface area contributed by atoms with Gasteiger partial charge >= 0.3 is 5.91 Å². The number of rotatable bonds is 5. The topological polar surface area (TPSA) is 74.8 Å². The summed E-state index contributed by atoms with van der Waals surface area (Å²) in [5.74, 6) is 0.0744. The molecule has 1 heterocycles. The van der Waals surface area contributed by atoms with Gasteiger partial charge in [0.15, 0.2) is 23.9 Å². The van der Waals surface area contributed by atoms with E-state index >= 15 is 0 Å². The SMILES string of the molecule is COc1cccc(/C=N/NC(=O)C[n+]2ccccc2)c1O.[Cl-]. The molecule has 1 amide bonds. The van der Waals surface area contributed by atoms with E-state index in [0.717, 1.165) is 0 Å². The lowest BCUT2D eigenvalue weighted by Gasteiger charge is -2.04. The molecule has 116 valence electrons. The van der Waals surface area contributed by atoms with Crippen LogP contribution in [-0.4, -0.2) is 24.3 Å². The molecule has 0 aliphatic heterocycles. The number of aromatic nitrogens is 1. The molecule has 1 aromatic heterocycles. The minimum Gasteiger partial charge on any atom is -1.00 e. The number of phenols is 1. The maximum Gasteiger partial charge on any atom is 0.305 e. The van der Waals surface area contributed by atoms with Crippen LogP contribution in [0.2, 0.25) is 0 Å². The molecule has 22 heavy (non-hydrogen) atoms. The summed E-state index contributed by atoms with van der Waals surface area (Å²) in [4.78, 5) is 11.7. The van der Waals surface area contributed by atoms with Crippen molar-refractivity contribution in [2.45, 2.75) is 6.54 Å². The molecule has 2 N–H and O–H groups in total. The Bertz CT molecular complexity index is 648. The number of hydrogen-bond acceptors (Lipinski definition) is 4. The first-order valence-corrected chi connectivity index (χ1v) is 6.32. The molecule has 0 saturated heterocycles. The number of phenolic OH excluding ortho intramolecular Hbond substituents is 1. The van der Waals surface area contributed by atoms with E-state index in [1.54, 1.807) is 35.2 Å². The molecule has 0 unspecified atom stereocenters. The average Bonchev–Trinajstić information content (AvgIpc) is 2.50. The number of pyridine rings is 1. The second-order valence-electron chi connectivity index (χ2n) is 4.24. The summed E-state index contributed by atoms with van der Waals surface area (Å²) < 4.78 is 6.72. The Kier molecular flexibility index (Phi) is 6.85. The molecule has 2 rings (SSSR count). The Labute approximate surface area is 134 Å². The zero-order valence-corrected chi connectivity index (χ0v) is 12.7. The van der Waals surface area contributed by atoms with E-state index in [2.05, 4.69) is 10.5 Å². The predicted octanol–water partition coefficient (Wildman–Crippen LogP) is -2.16. The second kappa shape index (κ2) is 8.63. The molecule has 6 nitrogen and oxygen atoms in total. The van der Waals surface area contributed by atoms with Crippen LogP contribution in [0.15, 0.2) is 53.9 Å². The second-order valence-corrected chi connectivity index (χ2v) is 4.24. The van der Waals surface area contributed by atoms with E-state index in [1.807, 2.05) is 18.2 Å². The molecule has 0 fully saturated rings. The van der Waals surface area contributed by atoms with Gasteiger partial charge in [-0.25, -0.2) is 5.43 Å². The highest BCUT2D eigenvalue weighted by molar-refractivity contribution is 5.86. The fourth-order valence-corrected chi connectivity index (χ4v) is 1.72. The van der Waals surface area contributed by atoms with Gasteiger partial charge in [0.1, 0.15) is 0 Å². The molecule has 2 aromatic rings. The lowest BCUT2D eigenvalue weighted by atomic mass is 10.2. The number of hydrazone groups is 1. The van der Waals surface area contributed by atoms with E-state index in [4.69, 9.17) is 4.74 Å². The molecule has 0 aliphatic rings. The van der Waals surface area contributed by atoms with Crippen molar-refractivity contribution < 1.29 is 31.6 Å². The lowest BCUT2D eigenvalue weighted by Crippen LogP contribution is -3.00. The largest absolute Gasteiger partial charge is 1.00 e. The third kappa shape index (κ3) is 4.75. The monoisotopic (exact) mass is 321 g/mol. The number of nitrogens with one attached hydrogen (secondary N) is 1. The molecule has 0 atom stereocenters. The van der Waals surface area contributed by atoms with Gasteiger partial charge in [0, 0.05) is 17.7 Å². The number of ether oxygens (including phenoxy) is 1. The van der Waals surface area contributed by atoms with Crippen LogP contribution in [-0.2, 0) is 11.3 Å². The summed E-state index contributed by atoms with van der Waals surface area (Å²) in [6.45, 7) is 0.169. The van der Waals surface area contributed by atoms with Gasteiger partial charge < -0.3 is 22.3 Å². The van der Waals surface area contributed by atoms with Gasteiger partial charge in [0.2, 0.25) is 6.54 Å². The standard InChI is InChI=1S/C15H15N3O3.ClH/c1-21-13-7-5-6-12(15(13)20)10-16-17-14(19)11-18-8-3-2-4-9-18;/h2-10H,11H2,1H3,(H-,16,17,19,20);1H. The average molecular weight is 322 g/mol. The van der Waals surface area contributed by atoms with Crippen molar-refractivity contribution in [2.24, 2.45) is 5.10 Å². The van der Waals surface area contributed by atoms with Crippen molar-refractivity contribution in [3.63, 3.8) is 0 Å². The van der Waals surface area contributed by atoms with Crippen LogP contribution in [0.3, 0.4) is 0 Å². The summed E-state index contributed by atoms with van der Waals surface area (Å²) in [5.41, 5.74) is 2.86. The van der Waals surface area contributed by atoms with Crippen molar-refractivity contribution in [1.29, 1.82) is 0 Å². The summed E-state index contributed by atoms with van der Waals surface area (Å²) in [6.07, 6.45) is 4.94. The van der Waals surface area contributed by atoms with Gasteiger partial charge in [-0.1, -0.05) is 12.1 Å². The molecule has 0 spiro atoms. The van der Waals surface area contributed by atoms with Crippen molar-refractivity contribution in [2.75, 3.05) is 7.11 Å². The predicted molar refractivity (Wildman–Crippen MR) is 77.0 cm³/mol. The fourth-order valence-electron chi connectivity index (χ4n) is 1.72. The first kappa shape index (κ1) is 17.5. The van der Waals surface area contributed by atoms with Crippen molar-refractivity contribution in [3.8, 4) is 11.5 Å². The number of carbonyl (C=O) groups is 1. The van der Waals surface area contributed by atoms with E-state index in [1.165, 1.54) is 13.3 Å². The molecule has 0 aliphatic carbocycles. The van der Waals surface area contributed by atoms with Crippen LogP contribution in [0, 0.1) is 0 Å². The van der Waals surface area contributed by atoms with Gasteiger partial charge in [-0.2, -0.15) is 9.67 Å². The van der Waals surface area contributed by atoms with E-state index < -0.39 is 0 Å². The number of aromatic hydroxyl groups is 1. The zero-order chi connectivity index (χ0) is 15.1. The molecule has 0 bridgehead atoms. The van der Waals surface area contributed by atoms with Gasteiger partial charge in [0.05, 0.1) is 13.3 Å². The van der Waals surface area contributed by atoms with E-state index in [0.29, 0.717) is 11.3 Å². The smallest absolute Gasteiger partial charge is 0.305 e. The van der Waals surface area contributed by atoms with Gasteiger partial charge in [-0.3, -0.25) is 4.79 Å². The number of amides is 1. The Hall–Kier alpha value is -2.60. The van der Waals surface area contributed by atoms with Crippen LogP contribution in [0.1, 0.15) is 5.56 Å². The number of halogens is 1. The molecule has 0 saturated carbocycles. The highest BCUT2D eigenvalue weighted by Gasteiger charge is 2.07. The summed E-state index contributed by atoms with van der Waals surface area (Å²) in [6, 6.07) is 10.6. The first-order chi connectivity index (χ1) is 10.2. The number of carbonyl (C=O) groups excluding carboxylic acids is 1. The number of benzene rings is 1. The number of para-hydroxylation sites is 1. The highest BCUT2D eigenvalue weighted by Crippen LogP contribution is 2.27. The highest BCUT2D eigenvalue weighted by atomic mass is 35.5. The van der Waals surface area contributed by atoms with E-state index in [9.17, 15) is 9.90 Å². The first-order valence-electron chi connectivity index (χ1n) is 6.32. The van der Waals surface area contributed by atoms with Crippen LogP contribution in [0.4, 0.5) is 0 Å². The Morgan fingerprint density at radius 2 is 2.05 bits per heavy atom. The molecule has 0 radical (unpaired) electrons. The van der Waals surface area contributed by atoms with Crippen LogP contribution in [0.5, 0.6) is 11.5 Å². The summed E-state index contributed by atoms with van der Waals surface area (Å²) in [5, 5.41) is 13.7. The summed E-state index contributed by atoms with van der Waals surface area (Å²) in [7, 11) is 1.47. The van der Waals surface area contributed by atoms with Crippen LogP contribution in [0.25, 0.3) is 0 Å². The number of hydrogen-bond donors (Lipinski definition) is 2. The van der Waals surface area contributed by atoms with Gasteiger partial charge in [-0.05, 0) is 12.1 Å². The third-order valence-corrected chi connectivity index (χ3v) is 2.75. The summed E-state index contributed by atoms with van der Waals surface area (Å²) >= 11 is 0. The normalized spacial score (nSPS) is 10.0. The maximum atomic E-state index is 11.7. The van der Waals surface area contributed by atoms with Crippen LogP contribution >= 0.6 is 0 Å². The van der Waals surface area contributed by atoms with Gasteiger partial charge in [0.25, 0.3) is 0 Å². The lowest BCUT2D eigenvalue weighted by molar-refractivity contribution is -0.684. The maximum absolute atomic E-state index is 11.7. The number of nitrogens with zero attached hydrogens (tertiary/aromatic N) is 2. The Morgan fingerprint density at radius 1 is 1.32 bits per heavy atom. The zero-order valence-electron chi connectivity index (χ0n) is 11.9. The van der Waals surface area contributed by atoms with Crippen LogP contribution < -0.4 is 27.1 Å². The minimum absolute atomic E-state index is 0.